The minimum atomic E-state index is 0.345. The second-order valence-electron chi connectivity index (χ2n) is 8.48. The molecular formula is C27H36N4O3. The van der Waals surface area contributed by atoms with Crippen molar-refractivity contribution in [3.05, 3.63) is 89.0 Å². The largest absolute Gasteiger partial charge is 0.507 e. The Bertz CT molecular complexity index is 909. The topological polar surface area (TPSA) is 71.0 Å². The third-order valence-corrected chi connectivity index (χ3v) is 5.65. The standard InChI is InChI=1S/C27H36N4O3/c1-22-16-23(18-30(12-14-33-2)20-25-8-4-6-10-28-25)27(32)24(17-22)19-31(13-15-34-3)21-26-9-5-7-11-29-26/h4-11,16-17,32H,12-15,18-21H2,1-3H3. The molecule has 0 aliphatic carbocycles. The zero-order chi connectivity index (χ0) is 24.2. The molecule has 2 heterocycles. The summed E-state index contributed by atoms with van der Waals surface area (Å²) in [7, 11) is 3.41. The first-order valence-corrected chi connectivity index (χ1v) is 11.6. The van der Waals surface area contributed by atoms with Crippen LogP contribution in [0.3, 0.4) is 0 Å². The molecule has 7 nitrogen and oxygen atoms in total. The van der Waals surface area contributed by atoms with E-state index in [1.165, 1.54) is 0 Å². The van der Waals surface area contributed by atoms with Crippen LogP contribution in [-0.2, 0) is 35.7 Å². The molecule has 0 saturated heterocycles. The Balaban J connectivity index is 1.79. The maximum absolute atomic E-state index is 11.2. The molecule has 0 spiro atoms. The lowest BCUT2D eigenvalue weighted by molar-refractivity contribution is 0.137. The fraction of sp³-hybridized carbons (Fsp3) is 0.407. The number of phenolic OH excluding ortho intramolecular Hbond substituents is 1. The predicted octanol–water partition coefficient (Wildman–Crippen LogP) is 3.79. The van der Waals surface area contributed by atoms with Crippen molar-refractivity contribution >= 4 is 0 Å². The highest BCUT2D eigenvalue weighted by Crippen LogP contribution is 2.28. The van der Waals surface area contributed by atoms with Crippen molar-refractivity contribution < 1.29 is 14.6 Å². The van der Waals surface area contributed by atoms with Gasteiger partial charge >= 0.3 is 0 Å². The van der Waals surface area contributed by atoms with Crippen molar-refractivity contribution in [2.45, 2.75) is 33.1 Å². The molecule has 0 aliphatic rings. The van der Waals surface area contributed by atoms with Crippen LogP contribution >= 0.6 is 0 Å². The fourth-order valence-corrected chi connectivity index (χ4v) is 3.97. The lowest BCUT2D eigenvalue weighted by atomic mass is 10.0. The molecule has 1 aromatic carbocycles. The van der Waals surface area contributed by atoms with E-state index in [0.29, 0.717) is 45.1 Å². The van der Waals surface area contributed by atoms with Gasteiger partial charge in [0.15, 0.2) is 0 Å². The SMILES string of the molecule is COCCN(Cc1ccccn1)Cc1cc(C)cc(CN(CCOC)Cc2ccccn2)c1O. The number of phenols is 1. The maximum Gasteiger partial charge on any atom is 0.124 e. The summed E-state index contributed by atoms with van der Waals surface area (Å²) in [5, 5.41) is 11.2. The van der Waals surface area contributed by atoms with Crippen molar-refractivity contribution in [2.24, 2.45) is 0 Å². The quantitative estimate of drug-likeness (QED) is 0.389. The van der Waals surface area contributed by atoms with Crippen LogP contribution < -0.4 is 0 Å². The smallest absolute Gasteiger partial charge is 0.124 e. The van der Waals surface area contributed by atoms with Crippen LogP contribution in [0.5, 0.6) is 5.75 Å². The van der Waals surface area contributed by atoms with Crippen LogP contribution in [0.2, 0.25) is 0 Å². The number of pyridine rings is 2. The highest BCUT2D eigenvalue weighted by Gasteiger charge is 2.17. The monoisotopic (exact) mass is 464 g/mol. The molecule has 1 N–H and O–H groups in total. The zero-order valence-corrected chi connectivity index (χ0v) is 20.5. The second kappa shape index (κ2) is 13.8. The molecule has 0 radical (unpaired) electrons. The summed E-state index contributed by atoms with van der Waals surface area (Å²) in [5.74, 6) is 0.345. The van der Waals surface area contributed by atoms with Gasteiger partial charge in [-0.15, -0.1) is 0 Å². The van der Waals surface area contributed by atoms with Crippen LogP contribution in [0.4, 0.5) is 0 Å². The van der Waals surface area contributed by atoms with Gasteiger partial charge in [0.1, 0.15) is 5.75 Å². The number of rotatable bonds is 14. The molecule has 0 saturated carbocycles. The number of aromatic nitrogens is 2. The number of hydrogen-bond acceptors (Lipinski definition) is 7. The second-order valence-corrected chi connectivity index (χ2v) is 8.48. The van der Waals surface area contributed by atoms with Gasteiger partial charge in [-0.1, -0.05) is 29.8 Å². The van der Waals surface area contributed by atoms with Gasteiger partial charge in [-0.3, -0.25) is 19.8 Å². The average Bonchev–Trinajstić information content (AvgIpc) is 2.85. The van der Waals surface area contributed by atoms with Gasteiger partial charge in [0.2, 0.25) is 0 Å². The molecular weight excluding hydrogens is 428 g/mol. The van der Waals surface area contributed by atoms with Gasteiger partial charge in [0.05, 0.1) is 24.6 Å². The highest BCUT2D eigenvalue weighted by atomic mass is 16.5. The number of methoxy groups -OCH3 is 2. The summed E-state index contributed by atoms with van der Waals surface area (Å²) in [6, 6.07) is 16.0. The Morgan fingerprint density at radius 3 is 1.59 bits per heavy atom. The lowest BCUT2D eigenvalue weighted by Gasteiger charge is -2.25. The Morgan fingerprint density at radius 1 is 0.735 bits per heavy atom. The molecule has 0 fully saturated rings. The van der Waals surface area contributed by atoms with Crippen molar-refractivity contribution in [3.8, 4) is 5.75 Å². The van der Waals surface area contributed by atoms with E-state index in [0.717, 1.165) is 41.2 Å². The van der Waals surface area contributed by atoms with E-state index in [-0.39, 0.29) is 0 Å². The Morgan fingerprint density at radius 2 is 1.21 bits per heavy atom. The van der Waals surface area contributed by atoms with Gasteiger partial charge in [0.25, 0.3) is 0 Å². The first-order valence-electron chi connectivity index (χ1n) is 11.6. The van der Waals surface area contributed by atoms with E-state index >= 15 is 0 Å². The number of aryl methyl sites for hydroxylation is 1. The predicted molar refractivity (Wildman–Crippen MR) is 133 cm³/mol. The molecule has 3 rings (SSSR count). The van der Waals surface area contributed by atoms with Crippen LogP contribution in [0, 0.1) is 6.92 Å². The van der Waals surface area contributed by atoms with E-state index in [9.17, 15) is 5.11 Å². The minimum absolute atomic E-state index is 0.345. The normalized spacial score (nSPS) is 11.4. The van der Waals surface area contributed by atoms with Crippen LogP contribution in [-0.4, -0.2) is 65.4 Å². The number of nitrogens with zero attached hydrogens (tertiary/aromatic N) is 4. The van der Waals surface area contributed by atoms with Gasteiger partial charge in [-0.2, -0.15) is 0 Å². The highest BCUT2D eigenvalue weighted by molar-refractivity contribution is 5.43. The molecule has 0 amide bonds. The molecule has 0 aliphatic heterocycles. The molecule has 182 valence electrons. The fourth-order valence-electron chi connectivity index (χ4n) is 3.97. The van der Waals surface area contributed by atoms with E-state index in [2.05, 4.69) is 38.8 Å². The van der Waals surface area contributed by atoms with Crippen molar-refractivity contribution in [1.82, 2.24) is 19.8 Å². The van der Waals surface area contributed by atoms with Crippen LogP contribution in [0.1, 0.15) is 28.1 Å². The summed E-state index contributed by atoms with van der Waals surface area (Å²) in [4.78, 5) is 13.4. The molecule has 3 aromatic rings. The average molecular weight is 465 g/mol. The lowest BCUT2D eigenvalue weighted by Crippen LogP contribution is -2.28. The summed E-state index contributed by atoms with van der Waals surface area (Å²) >= 11 is 0. The molecule has 0 atom stereocenters. The molecule has 34 heavy (non-hydrogen) atoms. The number of benzene rings is 1. The third-order valence-electron chi connectivity index (χ3n) is 5.65. The third kappa shape index (κ3) is 8.18. The Kier molecular flexibility index (Phi) is 10.4. The first-order chi connectivity index (χ1) is 16.6. The molecule has 7 heteroatoms. The van der Waals surface area contributed by atoms with E-state index in [4.69, 9.17) is 9.47 Å². The summed E-state index contributed by atoms with van der Waals surface area (Å²) in [5.41, 5.74) is 4.93. The van der Waals surface area contributed by atoms with Crippen LogP contribution in [0.15, 0.2) is 60.9 Å². The molecule has 2 aromatic heterocycles. The Hall–Kier alpha value is -2.84. The summed E-state index contributed by atoms with van der Waals surface area (Å²) < 4.78 is 10.6. The zero-order valence-electron chi connectivity index (χ0n) is 20.5. The van der Waals surface area contributed by atoms with Crippen LogP contribution in [0.25, 0.3) is 0 Å². The number of hydrogen-bond donors (Lipinski definition) is 1. The van der Waals surface area contributed by atoms with Crippen molar-refractivity contribution in [1.29, 1.82) is 0 Å². The van der Waals surface area contributed by atoms with Gasteiger partial charge in [-0.25, -0.2) is 0 Å². The maximum atomic E-state index is 11.2. The van der Waals surface area contributed by atoms with E-state index < -0.39 is 0 Å². The Labute approximate surface area is 203 Å². The van der Waals surface area contributed by atoms with Gasteiger partial charge < -0.3 is 14.6 Å². The summed E-state index contributed by atoms with van der Waals surface area (Å²) in [6.45, 7) is 7.38. The van der Waals surface area contributed by atoms with Gasteiger partial charge in [0, 0.05) is 77.0 Å². The van der Waals surface area contributed by atoms with E-state index in [1.807, 2.05) is 48.8 Å². The van der Waals surface area contributed by atoms with Crippen molar-refractivity contribution in [3.63, 3.8) is 0 Å². The summed E-state index contributed by atoms with van der Waals surface area (Å²) in [6.07, 6.45) is 3.62. The number of aromatic hydroxyl groups is 1. The molecule has 0 bridgehead atoms. The first kappa shape index (κ1) is 25.8. The molecule has 0 unspecified atom stereocenters. The van der Waals surface area contributed by atoms with E-state index in [1.54, 1.807) is 14.2 Å². The minimum Gasteiger partial charge on any atom is -0.507 e. The van der Waals surface area contributed by atoms with Crippen molar-refractivity contribution in [2.75, 3.05) is 40.5 Å². The van der Waals surface area contributed by atoms with Gasteiger partial charge in [-0.05, 0) is 31.2 Å². The number of ether oxygens (including phenoxy) is 2.